The van der Waals surface area contributed by atoms with E-state index in [0.29, 0.717) is 48.0 Å². The molecule has 3 heterocycles. The maximum atomic E-state index is 11.7. The molecule has 1 aliphatic carbocycles. The van der Waals surface area contributed by atoms with E-state index in [1.807, 2.05) is 20.8 Å². The Morgan fingerprint density at radius 3 is 2.59 bits per heavy atom. The third-order valence-electron chi connectivity index (χ3n) is 7.69. The molecular formula is C27H40N6O3S. The first-order chi connectivity index (χ1) is 17.7. The van der Waals surface area contributed by atoms with Gasteiger partial charge in [-0.2, -0.15) is 4.98 Å². The van der Waals surface area contributed by atoms with Crippen LogP contribution < -0.4 is 11.1 Å². The Morgan fingerprint density at radius 2 is 1.89 bits per heavy atom. The summed E-state index contributed by atoms with van der Waals surface area (Å²) >= 11 is 1.49. The largest absolute Gasteiger partial charge is 0.390 e. The Hall–Kier alpha value is -2.40. The highest BCUT2D eigenvalue weighted by atomic mass is 32.1. The minimum atomic E-state index is -1.17. The second kappa shape index (κ2) is 11.6. The summed E-state index contributed by atoms with van der Waals surface area (Å²) < 4.78 is 0.931. The number of aliphatic hydroxyl groups is 3. The molecule has 3 aromatic heterocycles. The topological polar surface area (TPSA) is 150 Å². The molecule has 9 nitrogen and oxygen atoms in total. The van der Waals surface area contributed by atoms with Gasteiger partial charge in [-0.1, -0.05) is 33.1 Å². The standard InChI is InChI=1S/C27H40N6O3S/c1-5-7-8-12-29-26-31-15(3)20(24(28)33-26)25-32-21-16(4)30-14-17(23(21)37-25)13-27(36,6-2)18-10-9-11-19(34)22(18)35/h14,18-19,22,34-36H,5-13H2,1-4H3,(H3,28,29,31,33)/t18-,19?,22+,27?/m0/s1. The fourth-order valence-electron chi connectivity index (χ4n) is 5.42. The van der Waals surface area contributed by atoms with Gasteiger partial charge in [-0.3, -0.25) is 4.98 Å². The molecule has 202 valence electrons. The van der Waals surface area contributed by atoms with Crippen molar-refractivity contribution in [3.63, 3.8) is 0 Å². The number of hydrogen-bond acceptors (Lipinski definition) is 10. The van der Waals surface area contributed by atoms with Crippen molar-refractivity contribution in [2.75, 3.05) is 17.6 Å². The number of nitrogens with zero attached hydrogens (tertiary/aromatic N) is 4. The maximum absolute atomic E-state index is 11.7. The number of aromatic nitrogens is 4. The predicted octanol–water partition coefficient (Wildman–Crippen LogP) is 4.15. The van der Waals surface area contributed by atoms with Crippen molar-refractivity contribution in [2.45, 2.75) is 96.9 Å². The number of fused-ring (bicyclic) bond motifs is 1. The van der Waals surface area contributed by atoms with Crippen molar-refractivity contribution in [3.05, 3.63) is 23.1 Å². The number of unbranched alkanes of at least 4 members (excludes halogenated alkanes) is 2. The first kappa shape index (κ1) is 27.6. The third kappa shape index (κ3) is 5.72. The van der Waals surface area contributed by atoms with Crippen LogP contribution in [0.5, 0.6) is 0 Å². The van der Waals surface area contributed by atoms with Crippen molar-refractivity contribution in [2.24, 2.45) is 5.92 Å². The molecule has 0 bridgehead atoms. The van der Waals surface area contributed by atoms with Crippen molar-refractivity contribution in [3.8, 4) is 10.6 Å². The van der Waals surface area contributed by atoms with E-state index in [1.165, 1.54) is 11.3 Å². The predicted molar refractivity (Wildman–Crippen MR) is 149 cm³/mol. The lowest BCUT2D eigenvalue weighted by Gasteiger charge is -2.42. The maximum Gasteiger partial charge on any atom is 0.224 e. The summed E-state index contributed by atoms with van der Waals surface area (Å²) in [5.74, 6) is 0.491. The van der Waals surface area contributed by atoms with E-state index in [1.54, 1.807) is 6.20 Å². The molecule has 1 fully saturated rings. The van der Waals surface area contributed by atoms with Crippen LogP contribution in [0.1, 0.15) is 75.7 Å². The molecule has 0 saturated heterocycles. The van der Waals surface area contributed by atoms with Crippen LogP contribution >= 0.6 is 11.3 Å². The number of aryl methyl sites for hydroxylation is 2. The molecule has 0 radical (unpaired) electrons. The monoisotopic (exact) mass is 528 g/mol. The number of thiazole rings is 1. The molecule has 0 spiro atoms. The number of hydrogen-bond donors (Lipinski definition) is 5. The fourth-order valence-corrected chi connectivity index (χ4v) is 6.65. The molecule has 6 N–H and O–H groups in total. The van der Waals surface area contributed by atoms with Crippen LogP contribution in [0.15, 0.2) is 6.20 Å². The van der Waals surface area contributed by atoms with E-state index in [0.717, 1.165) is 59.4 Å². The van der Waals surface area contributed by atoms with Gasteiger partial charge in [-0.25, -0.2) is 9.97 Å². The molecule has 0 aromatic carbocycles. The van der Waals surface area contributed by atoms with Crippen LogP contribution in [-0.4, -0.2) is 59.6 Å². The Labute approximate surface area is 222 Å². The molecule has 4 rings (SSSR count). The molecule has 37 heavy (non-hydrogen) atoms. The summed E-state index contributed by atoms with van der Waals surface area (Å²) in [6.45, 7) is 8.71. The molecule has 10 heteroatoms. The number of nitrogens with one attached hydrogen (secondary N) is 1. The van der Waals surface area contributed by atoms with Crippen LogP contribution in [0, 0.1) is 19.8 Å². The quantitative estimate of drug-likeness (QED) is 0.244. The molecule has 0 amide bonds. The molecule has 2 unspecified atom stereocenters. The van der Waals surface area contributed by atoms with Crippen LogP contribution in [-0.2, 0) is 6.42 Å². The first-order valence-electron chi connectivity index (χ1n) is 13.4. The Morgan fingerprint density at radius 1 is 1.11 bits per heavy atom. The zero-order valence-corrected chi connectivity index (χ0v) is 23.1. The van der Waals surface area contributed by atoms with Gasteiger partial charge < -0.3 is 26.4 Å². The second-order valence-electron chi connectivity index (χ2n) is 10.3. The lowest BCUT2D eigenvalue weighted by molar-refractivity contribution is -0.129. The summed E-state index contributed by atoms with van der Waals surface area (Å²) in [5.41, 5.74) is 9.12. The van der Waals surface area contributed by atoms with E-state index >= 15 is 0 Å². The Balaban J connectivity index is 1.67. The van der Waals surface area contributed by atoms with Gasteiger partial charge in [0, 0.05) is 25.1 Å². The number of aliphatic hydroxyl groups excluding tert-OH is 2. The normalized spacial score (nSPS) is 21.8. The first-order valence-corrected chi connectivity index (χ1v) is 14.2. The van der Waals surface area contributed by atoms with Gasteiger partial charge in [0.05, 0.1) is 39.5 Å². The summed E-state index contributed by atoms with van der Waals surface area (Å²) in [5, 5.41) is 36.6. The van der Waals surface area contributed by atoms with Crippen molar-refractivity contribution >= 4 is 33.3 Å². The van der Waals surface area contributed by atoms with E-state index in [9.17, 15) is 15.3 Å². The number of anilines is 2. The zero-order chi connectivity index (χ0) is 26.7. The van der Waals surface area contributed by atoms with Gasteiger partial charge in [-0.15, -0.1) is 11.3 Å². The summed E-state index contributed by atoms with van der Waals surface area (Å²) in [4.78, 5) is 18.6. The lowest BCUT2D eigenvalue weighted by Crippen LogP contribution is -2.51. The average Bonchev–Trinajstić information content (AvgIpc) is 3.31. The highest BCUT2D eigenvalue weighted by molar-refractivity contribution is 7.22. The van der Waals surface area contributed by atoms with Crippen LogP contribution in [0.2, 0.25) is 0 Å². The summed E-state index contributed by atoms with van der Waals surface area (Å²) in [6, 6.07) is 0. The molecular weight excluding hydrogens is 488 g/mol. The van der Waals surface area contributed by atoms with Gasteiger partial charge in [0.25, 0.3) is 0 Å². The molecule has 0 aliphatic heterocycles. The lowest BCUT2D eigenvalue weighted by atomic mass is 9.70. The van der Waals surface area contributed by atoms with Gasteiger partial charge in [0.2, 0.25) is 5.95 Å². The summed E-state index contributed by atoms with van der Waals surface area (Å²) in [7, 11) is 0. The highest BCUT2D eigenvalue weighted by Gasteiger charge is 2.44. The van der Waals surface area contributed by atoms with E-state index < -0.39 is 23.7 Å². The Kier molecular flexibility index (Phi) is 8.63. The zero-order valence-electron chi connectivity index (χ0n) is 22.3. The van der Waals surface area contributed by atoms with E-state index in [-0.39, 0.29) is 0 Å². The minimum absolute atomic E-state index is 0.314. The molecule has 1 saturated carbocycles. The SMILES string of the molecule is CCCCCNc1nc(C)c(-c2nc3c(C)ncc(CC(O)(CC)[C@H]4CCCC(O)[C@@H]4O)c3s2)c(N)n1. The summed E-state index contributed by atoms with van der Waals surface area (Å²) in [6.07, 6.45) is 6.16. The van der Waals surface area contributed by atoms with Crippen LogP contribution in [0.25, 0.3) is 20.8 Å². The van der Waals surface area contributed by atoms with Gasteiger partial charge in [0.1, 0.15) is 16.3 Å². The smallest absolute Gasteiger partial charge is 0.224 e. The van der Waals surface area contributed by atoms with Gasteiger partial charge >= 0.3 is 0 Å². The van der Waals surface area contributed by atoms with Crippen molar-refractivity contribution in [1.82, 2.24) is 19.9 Å². The molecule has 1 aliphatic rings. The van der Waals surface area contributed by atoms with E-state index in [2.05, 4.69) is 27.2 Å². The van der Waals surface area contributed by atoms with Gasteiger partial charge in [0.15, 0.2) is 0 Å². The molecule has 3 aromatic rings. The van der Waals surface area contributed by atoms with Gasteiger partial charge in [-0.05, 0) is 45.1 Å². The van der Waals surface area contributed by atoms with Crippen LogP contribution in [0.4, 0.5) is 11.8 Å². The highest BCUT2D eigenvalue weighted by Crippen LogP contribution is 2.41. The second-order valence-corrected chi connectivity index (χ2v) is 11.3. The molecule has 4 atom stereocenters. The number of rotatable bonds is 10. The minimum Gasteiger partial charge on any atom is -0.390 e. The van der Waals surface area contributed by atoms with Crippen molar-refractivity contribution in [1.29, 1.82) is 0 Å². The fraction of sp³-hybridized carbons (Fsp3) is 0.630. The van der Waals surface area contributed by atoms with Crippen LogP contribution in [0.3, 0.4) is 0 Å². The Bertz CT molecular complexity index is 1210. The third-order valence-corrected chi connectivity index (χ3v) is 8.84. The number of pyridine rings is 1. The van der Waals surface area contributed by atoms with Crippen molar-refractivity contribution < 1.29 is 15.3 Å². The average molecular weight is 529 g/mol. The number of nitrogen functional groups attached to an aromatic ring is 1. The number of nitrogens with two attached hydrogens (primary N) is 1. The van der Waals surface area contributed by atoms with E-state index in [4.69, 9.17) is 10.7 Å².